The Morgan fingerprint density at radius 1 is 1.26 bits per heavy atom. The SMILES string of the molecule is CN=C(NCCCOCC1CC1)NCCc1ccccc1Cl.I. The van der Waals surface area contributed by atoms with Crippen molar-refractivity contribution < 1.29 is 4.74 Å². The van der Waals surface area contributed by atoms with Crippen molar-refractivity contribution in [3.05, 3.63) is 34.9 Å². The van der Waals surface area contributed by atoms with Crippen LogP contribution in [0, 0.1) is 5.92 Å². The lowest BCUT2D eigenvalue weighted by Crippen LogP contribution is -2.39. The molecular formula is C17H27ClIN3O. The van der Waals surface area contributed by atoms with Gasteiger partial charge in [-0.1, -0.05) is 29.8 Å². The molecule has 0 aliphatic heterocycles. The number of aliphatic imine (C=N–C) groups is 1. The molecule has 1 aliphatic carbocycles. The van der Waals surface area contributed by atoms with Gasteiger partial charge in [0, 0.05) is 38.4 Å². The van der Waals surface area contributed by atoms with E-state index in [2.05, 4.69) is 21.7 Å². The van der Waals surface area contributed by atoms with E-state index in [0.717, 1.165) is 61.6 Å². The fraction of sp³-hybridized carbons (Fsp3) is 0.588. The zero-order valence-electron chi connectivity index (χ0n) is 13.7. The molecule has 0 amide bonds. The van der Waals surface area contributed by atoms with Crippen molar-refractivity contribution in [1.29, 1.82) is 0 Å². The van der Waals surface area contributed by atoms with Gasteiger partial charge in [0.05, 0.1) is 0 Å². The summed E-state index contributed by atoms with van der Waals surface area (Å²) in [6.07, 6.45) is 4.57. The molecule has 0 saturated heterocycles. The number of rotatable bonds is 9. The lowest BCUT2D eigenvalue weighted by Gasteiger charge is -2.12. The van der Waals surface area contributed by atoms with Gasteiger partial charge < -0.3 is 15.4 Å². The van der Waals surface area contributed by atoms with Crippen LogP contribution in [-0.2, 0) is 11.2 Å². The minimum Gasteiger partial charge on any atom is -0.381 e. The molecule has 0 aromatic heterocycles. The number of nitrogens with zero attached hydrogens (tertiary/aromatic N) is 1. The highest BCUT2D eigenvalue weighted by Gasteiger charge is 2.20. The molecule has 130 valence electrons. The number of hydrogen-bond acceptors (Lipinski definition) is 2. The van der Waals surface area contributed by atoms with Crippen LogP contribution in [0.15, 0.2) is 29.3 Å². The predicted octanol–water partition coefficient (Wildman–Crippen LogP) is 3.48. The number of hydrogen-bond donors (Lipinski definition) is 2. The molecule has 6 heteroatoms. The minimum atomic E-state index is 0. The van der Waals surface area contributed by atoms with Crippen LogP contribution >= 0.6 is 35.6 Å². The van der Waals surface area contributed by atoms with Gasteiger partial charge in [0.25, 0.3) is 0 Å². The van der Waals surface area contributed by atoms with Gasteiger partial charge >= 0.3 is 0 Å². The Kier molecular flexibility index (Phi) is 10.6. The Morgan fingerprint density at radius 2 is 2.00 bits per heavy atom. The highest BCUT2D eigenvalue weighted by Crippen LogP contribution is 2.28. The third kappa shape index (κ3) is 8.77. The standard InChI is InChI=1S/C17H26ClN3O.HI/c1-19-17(20-10-4-12-22-13-14-7-8-14)21-11-9-15-5-2-3-6-16(15)18;/h2-3,5-6,14H,4,7-13H2,1H3,(H2,19,20,21);1H. The van der Waals surface area contributed by atoms with Crippen molar-refractivity contribution in [3.8, 4) is 0 Å². The predicted molar refractivity (Wildman–Crippen MR) is 108 cm³/mol. The van der Waals surface area contributed by atoms with Crippen LogP contribution < -0.4 is 10.6 Å². The van der Waals surface area contributed by atoms with E-state index in [1.807, 2.05) is 18.2 Å². The summed E-state index contributed by atoms with van der Waals surface area (Å²) in [5.41, 5.74) is 1.15. The molecule has 1 aliphatic rings. The maximum Gasteiger partial charge on any atom is 0.190 e. The van der Waals surface area contributed by atoms with Crippen LogP contribution in [0.25, 0.3) is 0 Å². The first kappa shape index (κ1) is 20.5. The van der Waals surface area contributed by atoms with E-state index >= 15 is 0 Å². The largest absolute Gasteiger partial charge is 0.381 e. The van der Waals surface area contributed by atoms with E-state index in [1.165, 1.54) is 12.8 Å². The van der Waals surface area contributed by atoms with Crippen LogP contribution in [0.2, 0.25) is 5.02 Å². The van der Waals surface area contributed by atoms with Crippen molar-refractivity contribution in [2.75, 3.05) is 33.4 Å². The zero-order chi connectivity index (χ0) is 15.6. The molecule has 2 N–H and O–H groups in total. The normalized spacial score (nSPS) is 14.3. The molecule has 0 atom stereocenters. The van der Waals surface area contributed by atoms with E-state index in [9.17, 15) is 0 Å². The molecule has 1 saturated carbocycles. The average molecular weight is 452 g/mol. The number of guanidine groups is 1. The summed E-state index contributed by atoms with van der Waals surface area (Å²) in [4.78, 5) is 4.22. The second kappa shape index (κ2) is 11.9. The molecule has 0 bridgehead atoms. The molecule has 23 heavy (non-hydrogen) atoms. The Bertz CT molecular complexity index is 481. The second-order valence-corrected chi connectivity index (χ2v) is 6.05. The minimum absolute atomic E-state index is 0. The van der Waals surface area contributed by atoms with Gasteiger partial charge in [0.2, 0.25) is 0 Å². The summed E-state index contributed by atoms with van der Waals surface area (Å²) in [6, 6.07) is 7.93. The summed E-state index contributed by atoms with van der Waals surface area (Å²) in [5, 5.41) is 7.42. The van der Waals surface area contributed by atoms with E-state index in [0.29, 0.717) is 0 Å². The Morgan fingerprint density at radius 3 is 2.70 bits per heavy atom. The van der Waals surface area contributed by atoms with E-state index in [4.69, 9.17) is 16.3 Å². The van der Waals surface area contributed by atoms with Crippen LogP contribution in [0.3, 0.4) is 0 Å². The Labute approximate surface area is 161 Å². The Balaban J connectivity index is 0.00000264. The summed E-state index contributed by atoms with van der Waals surface area (Å²) in [7, 11) is 1.79. The molecule has 0 radical (unpaired) electrons. The van der Waals surface area contributed by atoms with Gasteiger partial charge in [0.1, 0.15) is 0 Å². The molecule has 1 aromatic rings. The monoisotopic (exact) mass is 451 g/mol. The summed E-state index contributed by atoms with van der Waals surface area (Å²) < 4.78 is 5.61. The average Bonchev–Trinajstić information content (AvgIpc) is 3.35. The van der Waals surface area contributed by atoms with Gasteiger partial charge in [-0.15, -0.1) is 24.0 Å². The first-order chi connectivity index (χ1) is 10.8. The molecule has 2 rings (SSSR count). The lowest BCUT2D eigenvalue weighted by atomic mass is 10.1. The molecular weight excluding hydrogens is 425 g/mol. The van der Waals surface area contributed by atoms with Crippen molar-refractivity contribution >= 4 is 41.5 Å². The van der Waals surface area contributed by atoms with Crippen LogP contribution in [0.4, 0.5) is 0 Å². The smallest absolute Gasteiger partial charge is 0.190 e. The number of nitrogens with one attached hydrogen (secondary N) is 2. The highest BCUT2D eigenvalue weighted by atomic mass is 127. The number of ether oxygens (including phenoxy) is 1. The first-order valence-corrected chi connectivity index (χ1v) is 8.43. The summed E-state index contributed by atoms with van der Waals surface area (Å²) in [5.74, 6) is 1.67. The molecule has 1 fully saturated rings. The number of halogens is 2. The molecule has 0 heterocycles. The summed E-state index contributed by atoms with van der Waals surface area (Å²) in [6.45, 7) is 3.43. The lowest BCUT2D eigenvalue weighted by molar-refractivity contribution is 0.123. The van der Waals surface area contributed by atoms with Crippen molar-refractivity contribution in [2.24, 2.45) is 10.9 Å². The van der Waals surface area contributed by atoms with Gasteiger partial charge in [-0.3, -0.25) is 4.99 Å². The van der Waals surface area contributed by atoms with Gasteiger partial charge in [0.15, 0.2) is 5.96 Å². The molecule has 0 spiro atoms. The van der Waals surface area contributed by atoms with E-state index < -0.39 is 0 Å². The Hall–Kier alpha value is -0.530. The van der Waals surface area contributed by atoms with E-state index in [-0.39, 0.29) is 24.0 Å². The van der Waals surface area contributed by atoms with Crippen molar-refractivity contribution in [2.45, 2.75) is 25.7 Å². The van der Waals surface area contributed by atoms with Crippen molar-refractivity contribution in [1.82, 2.24) is 10.6 Å². The first-order valence-electron chi connectivity index (χ1n) is 8.05. The third-order valence-corrected chi connectivity index (χ3v) is 4.05. The fourth-order valence-electron chi connectivity index (χ4n) is 2.15. The fourth-order valence-corrected chi connectivity index (χ4v) is 2.38. The zero-order valence-corrected chi connectivity index (χ0v) is 16.8. The quantitative estimate of drug-likeness (QED) is 0.261. The van der Waals surface area contributed by atoms with Gasteiger partial charge in [-0.2, -0.15) is 0 Å². The van der Waals surface area contributed by atoms with E-state index in [1.54, 1.807) is 7.05 Å². The van der Waals surface area contributed by atoms with Crippen LogP contribution in [-0.4, -0.2) is 39.3 Å². The van der Waals surface area contributed by atoms with Crippen LogP contribution in [0.1, 0.15) is 24.8 Å². The second-order valence-electron chi connectivity index (χ2n) is 5.64. The maximum absolute atomic E-state index is 6.14. The highest BCUT2D eigenvalue weighted by molar-refractivity contribution is 14.0. The van der Waals surface area contributed by atoms with Gasteiger partial charge in [-0.25, -0.2) is 0 Å². The molecule has 0 unspecified atom stereocenters. The summed E-state index contributed by atoms with van der Waals surface area (Å²) >= 11 is 6.14. The van der Waals surface area contributed by atoms with Crippen molar-refractivity contribution in [3.63, 3.8) is 0 Å². The molecule has 4 nitrogen and oxygen atoms in total. The van der Waals surface area contributed by atoms with Crippen LogP contribution in [0.5, 0.6) is 0 Å². The number of benzene rings is 1. The topological polar surface area (TPSA) is 45.7 Å². The maximum atomic E-state index is 6.14. The third-order valence-electron chi connectivity index (χ3n) is 3.68. The van der Waals surface area contributed by atoms with Gasteiger partial charge in [-0.05, 0) is 43.2 Å². The molecule has 1 aromatic carbocycles.